The van der Waals surface area contributed by atoms with Crippen LogP contribution >= 0.6 is 0 Å². The molecule has 0 bridgehead atoms. The monoisotopic (exact) mass is 322 g/mol. The number of aromatic nitrogens is 3. The largest absolute Gasteiger partial charge is 0.507 e. The maximum absolute atomic E-state index is 12.7. The topological polar surface area (TPSA) is 80.0 Å². The van der Waals surface area contributed by atoms with Crippen molar-refractivity contribution in [3.8, 4) is 5.75 Å². The number of phenols is 1. The lowest BCUT2D eigenvalue weighted by Gasteiger charge is -2.18. The number of hydrogen-bond acceptors (Lipinski definition) is 4. The Kier molecular flexibility index (Phi) is 3.45. The van der Waals surface area contributed by atoms with Crippen LogP contribution in [-0.4, -0.2) is 25.8 Å². The third-order valence-electron chi connectivity index (χ3n) is 4.51. The highest BCUT2D eigenvalue weighted by Crippen LogP contribution is 2.40. The third-order valence-corrected chi connectivity index (χ3v) is 4.51. The maximum atomic E-state index is 12.7. The molecule has 0 saturated heterocycles. The van der Waals surface area contributed by atoms with Gasteiger partial charge in [0.1, 0.15) is 17.9 Å². The van der Waals surface area contributed by atoms with Crippen molar-refractivity contribution in [2.45, 2.75) is 18.9 Å². The molecular weight excluding hydrogens is 304 g/mol. The van der Waals surface area contributed by atoms with Gasteiger partial charge in [-0.1, -0.05) is 24.3 Å². The van der Waals surface area contributed by atoms with Gasteiger partial charge in [0.2, 0.25) is 0 Å². The molecule has 1 saturated carbocycles. The molecule has 2 aromatic carbocycles. The van der Waals surface area contributed by atoms with E-state index in [2.05, 4.69) is 15.4 Å². The molecule has 1 amide bonds. The minimum Gasteiger partial charge on any atom is -0.507 e. The number of benzene rings is 2. The molecule has 3 aromatic rings. The number of hydrogen-bond donors (Lipinski definition) is 2. The first-order chi connectivity index (χ1) is 11.6. The number of phenolic OH excluding ortho intramolecular Hbond substituents is 1. The van der Waals surface area contributed by atoms with Crippen LogP contribution < -0.4 is 5.32 Å². The van der Waals surface area contributed by atoms with E-state index in [-0.39, 0.29) is 23.3 Å². The molecule has 1 aromatic heterocycles. The second-order valence-electron chi connectivity index (χ2n) is 6.25. The quantitative estimate of drug-likeness (QED) is 0.773. The van der Waals surface area contributed by atoms with Gasteiger partial charge in [0.25, 0.3) is 5.91 Å². The van der Waals surface area contributed by atoms with Gasteiger partial charge in [-0.25, -0.2) is 4.98 Å². The molecule has 1 aliphatic rings. The highest BCUT2D eigenvalue weighted by atomic mass is 16.3. The van der Waals surface area contributed by atoms with Crippen molar-refractivity contribution in [1.29, 1.82) is 0 Å². The first kappa shape index (κ1) is 14.7. The molecule has 1 atom stereocenters. The standard InChI is InChI=1S/C18H18N4O2/c1-22-17(19-10-20-22)16(11-6-7-11)21-18(24)14-8-12-4-2-3-5-13(12)9-15(14)23/h2-5,8-11,16,23H,6-7H2,1H3,(H,21,24)/t16-/m1/s1. The fraction of sp³-hybridized carbons (Fsp3) is 0.278. The van der Waals surface area contributed by atoms with Crippen LogP contribution in [0.15, 0.2) is 42.7 Å². The average Bonchev–Trinajstić information content (AvgIpc) is 3.33. The van der Waals surface area contributed by atoms with E-state index < -0.39 is 0 Å². The van der Waals surface area contributed by atoms with E-state index in [1.807, 2.05) is 31.3 Å². The summed E-state index contributed by atoms with van der Waals surface area (Å²) in [6.07, 6.45) is 3.60. The number of carbonyl (C=O) groups is 1. The number of amides is 1. The van der Waals surface area contributed by atoms with E-state index >= 15 is 0 Å². The molecular formula is C18H18N4O2. The van der Waals surface area contributed by atoms with Crippen LogP contribution in [0.2, 0.25) is 0 Å². The maximum Gasteiger partial charge on any atom is 0.255 e. The number of fused-ring (bicyclic) bond motifs is 1. The van der Waals surface area contributed by atoms with Crippen molar-refractivity contribution in [3.63, 3.8) is 0 Å². The summed E-state index contributed by atoms with van der Waals surface area (Å²) in [7, 11) is 1.82. The minimum absolute atomic E-state index is 0.0151. The van der Waals surface area contributed by atoms with E-state index in [1.165, 1.54) is 6.33 Å². The van der Waals surface area contributed by atoms with E-state index in [9.17, 15) is 9.90 Å². The van der Waals surface area contributed by atoms with E-state index in [1.54, 1.807) is 16.8 Å². The summed E-state index contributed by atoms with van der Waals surface area (Å²) in [5, 5.41) is 19.2. The van der Waals surface area contributed by atoms with Gasteiger partial charge in [-0.3, -0.25) is 9.48 Å². The molecule has 2 N–H and O–H groups in total. The smallest absolute Gasteiger partial charge is 0.255 e. The predicted molar refractivity (Wildman–Crippen MR) is 89.5 cm³/mol. The van der Waals surface area contributed by atoms with Crippen LogP contribution in [0.5, 0.6) is 5.75 Å². The van der Waals surface area contributed by atoms with Gasteiger partial charge in [-0.05, 0) is 41.7 Å². The van der Waals surface area contributed by atoms with Crippen LogP contribution in [0.25, 0.3) is 10.8 Å². The summed E-state index contributed by atoms with van der Waals surface area (Å²) in [6, 6.07) is 10.8. The van der Waals surface area contributed by atoms with Gasteiger partial charge in [0, 0.05) is 7.05 Å². The minimum atomic E-state index is -0.293. The zero-order valence-corrected chi connectivity index (χ0v) is 13.3. The zero-order valence-electron chi connectivity index (χ0n) is 13.3. The number of aromatic hydroxyl groups is 1. The lowest BCUT2D eigenvalue weighted by Crippen LogP contribution is -2.31. The molecule has 0 spiro atoms. The number of nitrogens with zero attached hydrogens (tertiary/aromatic N) is 3. The summed E-state index contributed by atoms with van der Waals surface area (Å²) in [6.45, 7) is 0. The van der Waals surface area contributed by atoms with Crippen LogP contribution in [0, 0.1) is 5.92 Å². The molecule has 0 radical (unpaired) electrons. The van der Waals surface area contributed by atoms with Crippen molar-refractivity contribution in [2.24, 2.45) is 13.0 Å². The van der Waals surface area contributed by atoms with E-state index in [0.29, 0.717) is 5.92 Å². The van der Waals surface area contributed by atoms with Crippen molar-refractivity contribution in [2.75, 3.05) is 0 Å². The van der Waals surface area contributed by atoms with Crippen molar-refractivity contribution in [1.82, 2.24) is 20.1 Å². The van der Waals surface area contributed by atoms with Crippen molar-refractivity contribution in [3.05, 3.63) is 54.1 Å². The predicted octanol–water partition coefficient (Wildman–Crippen LogP) is 2.56. The Morgan fingerprint density at radius 1 is 1.29 bits per heavy atom. The fourth-order valence-electron chi connectivity index (χ4n) is 3.04. The summed E-state index contributed by atoms with van der Waals surface area (Å²) in [5.74, 6) is 0.808. The van der Waals surface area contributed by atoms with E-state index in [4.69, 9.17) is 0 Å². The summed E-state index contributed by atoms with van der Waals surface area (Å²) < 4.78 is 1.68. The van der Waals surface area contributed by atoms with E-state index in [0.717, 1.165) is 29.4 Å². The Hall–Kier alpha value is -2.89. The van der Waals surface area contributed by atoms with Crippen LogP contribution in [0.4, 0.5) is 0 Å². The lowest BCUT2D eigenvalue weighted by molar-refractivity contribution is 0.0926. The zero-order chi connectivity index (χ0) is 16.7. The first-order valence-corrected chi connectivity index (χ1v) is 8.00. The molecule has 0 aliphatic heterocycles. The van der Waals surface area contributed by atoms with Gasteiger partial charge in [0.15, 0.2) is 0 Å². The molecule has 0 unspecified atom stereocenters. The molecule has 6 nitrogen and oxygen atoms in total. The van der Waals surface area contributed by atoms with Gasteiger partial charge >= 0.3 is 0 Å². The number of carbonyl (C=O) groups excluding carboxylic acids is 1. The van der Waals surface area contributed by atoms with Gasteiger partial charge in [-0.15, -0.1) is 0 Å². The fourth-order valence-corrected chi connectivity index (χ4v) is 3.04. The first-order valence-electron chi connectivity index (χ1n) is 8.00. The second kappa shape index (κ2) is 5.63. The Morgan fingerprint density at radius 2 is 2.00 bits per heavy atom. The number of aryl methyl sites for hydroxylation is 1. The molecule has 1 aliphatic carbocycles. The Labute approximate surface area is 139 Å². The van der Waals surface area contributed by atoms with Crippen LogP contribution in [-0.2, 0) is 7.05 Å². The summed E-state index contributed by atoms with van der Waals surface area (Å²) in [4.78, 5) is 17.0. The van der Waals surface area contributed by atoms with Crippen LogP contribution in [0.3, 0.4) is 0 Å². The lowest BCUT2D eigenvalue weighted by atomic mass is 10.0. The molecule has 6 heteroatoms. The normalized spacial score (nSPS) is 15.4. The molecule has 1 heterocycles. The molecule has 1 fully saturated rings. The average molecular weight is 322 g/mol. The van der Waals surface area contributed by atoms with Gasteiger partial charge in [-0.2, -0.15) is 5.10 Å². The third kappa shape index (κ3) is 2.60. The Bertz CT molecular complexity index is 914. The van der Waals surface area contributed by atoms with Crippen molar-refractivity contribution < 1.29 is 9.90 Å². The van der Waals surface area contributed by atoms with Crippen molar-refractivity contribution >= 4 is 16.7 Å². The number of nitrogens with one attached hydrogen (secondary N) is 1. The highest BCUT2D eigenvalue weighted by Gasteiger charge is 2.36. The Morgan fingerprint density at radius 3 is 2.62 bits per heavy atom. The SMILES string of the molecule is Cn1ncnc1[C@H](NC(=O)c1cc2ccccc2cc1O)C1CC1. The van der Waals surface area contributed by atoms with Crippen LogP contribution in [0.1, 0.15) is 35.1 Å². The highest BCUT2D eigenvalue weighted by molar-refractivity contribution is 6.01. The second-order valence-corrected chi connectivity index (χ2v) is 6.25. The number of rotatable bonds is 4. The molecule has 4 rings (SSSR count). The summed E-state index contributed by atoms with van der Waals surface area (Å²) in [5.41, 5.74) is 0.279. The van der Waals surface area contributed by atoms with Gasteiger partial charge < -0.3 is 10.4 Å². The summed E-state index contributed by atoms with van der Waals surface area (Å²) >= 11 is 0. The van der Waals surface area contributed by atoms with Gasteiger partial charge in [0.05, 0.1) is 11.6 Å². The molecule has 24 heavy (non-hydrogen) atoms. The Balaban J connectivity index is 1.66. The molecule has 122 valence electrons.